The summed E-state index contributed by atoms with van der Waals surface area (Å²) in [5, 5.41) is 0.825. The molecule has 14 heavy (non-hydrogen) atoms. The van der Waals surface area contributed by atoms with Crippen LogP contribution in [0.15, 0.2) is 0 Å². The van der Waals surface area contributed by atoms with Crippen LogP contribution in [0.5, 0.6) is 0 Å². The summed E-state index contributed by atoms with van der Waals surface area (Å²) >= 11 is 9.50. The van der Waals surface area contributed by atoms with Crippen molar-refractivity contribution in [3.8, 4) is 0 Å². The first kappa shape index (κ1) is 15.6. The van der Waals surface area contributed by atoms with Gasteiger partial charge in [-0.15, -0.1) is 6.54 Å². The Bertz CT molecular complexity index is 150. The molecule has 2 unspecified atom stereocenters. The van der Waals surface area contributed by atoms with Gasteiger partial charge in [0.25, 0.3) is 0 Å². The summed E-state index contributed by atoms with van der Waals surface area (Å²) in [5.41, 5.74) is 11.2. The summed E-state index contributed by atoms with van der Waals surface area (Å²) in [5.74, 6) is 2.66. The molecule has 2 heterocycles. The minimum absolute atomic E-state index is 0. The third-order valence-corrected chi connectivity index (χ3v) is 6.17. The van der Waals surface area contributed by atoms with Gasteiger partial charge in [0.05, 0.1) is 0 Å². The van der Waals surface area contributed by atoms with Crippen LogP contribution in [-0.4, -0.2) is 33.9 Å². The number of nitrogens with one attached hydrogen (secondary N) is 1. The van der Waals surface area contributed by atoms with Crippen molar-refractivity contribution in [1.29, 1.82) is 0 Å². The molecule has 0 aromatic heterocycles. The quantitative estimate of drug-likeness (QED) is 0.625. The topological polar surface area (TPSA) is 49.8 Å². The van der Waals surface area contributed by atoms with Crippen molar-refractivity contribution in [2.24, 2.45) is 5.73 Å². The van der Waals surface area contributed by atoms with Gasteiger partial charge in [0.2, 0.25) is 0 Å². The molecule has 0 saturated carbocycles. The summed E-state index contributed by atoms with van der Waals surface area (Å²) in [6.45, 7) is 0.833. The molecule has 0 amide bonds. The van der Waals surface area contributed by atoms with Crippen LogP contribution >= 0.6 is 23.5 Å². The van der Waals surface area contributed by atoms with Crippen LogP contribution < -0.4 is 5.73 Å². The zero-order valence-corrected chi connectivity index (χ0v) is 13.7. The Hall–Kier alpha value is 1.59. The van der Waals surface area contributed by atoms with E-state index in [-0.39, 0.29) is 23.6 Å². The summed E-state index contributed by atoms with van der Waals surface area (Å²) in [4.78, 5) is 0. The van der Waals surface area contributed by atoms with Gasteiger partial charge in [-0.1, -0.05) is 10.5 Å². The molecule has 2 aliphatic rings. The van der Waals surface area contributed by atoms with Crippen molar-refractivity contribution >= 4 is 36.2 Å². The predicted octanol–water partition coefficient (Wildman–Crippen LogP) is 1.87. The minimum Gasteiger partial charge on any atom is -0.774 e. The van der Waals surface area contributed by atoms with E-state index >= 15 is 0 Å². The second-order valence-corrected chi connectivity index (χ2v) is 6.82. The third-order valence-electron chi connectivity index (χ3n) is 2.13. The second-order valence-electron chi connectivity index (χ2n) is 3.10. The normalized spacial score (nSPS) is 34.1. The van der Waals surface area contributed by atoms with E-state index < -0.39 is 0 Å². The fraction of sp³-hybridized carbons (Fsp3) is 1.00. The molecule has 2 rings (SSSR count). The monoisotopic (exact) mass is 300 g/mol. The molecule has 2 fully saturated rings. The Morgan fingerprint density at radius 2 is 2.00 bits per heavy atom. The maximum atomic E-state index is 6.33. The van der Waals surface area contributed by atoms with E-state index in [0.29, 0.717) is 13.1 Å². The first-order chi connectivity index (χ1) is 6.23. The van der Waals surface area contributed by atoms with Crippen LogP contribution in [0.4, 0.5) is 0 Å². The third kappa shape index (κ3) is 4.22. The molecule has 2 atom stereocenters. The molecule has 0 radical (unpaired) electrons. The standard InChI is InChI=1S/C6H10S3.C2H7N2.Zn/c7-6(2-4-9-6)5-1-3-8-5;3-1-2-4;/h5,7H,1-4H2;3H,1-2,4H2;/q;-1;+2/p-1. The molecule has 2 saturated heterocycles. The molecular formula is C8H16N2S3Zn. The van der Waals surface area contributed by atoms with E-state index in [0.717, 1.165) is 5.25 Å². The van der Waals surface area contributed by atoms with Crippen molar-refractivity contribution in [3.63, 3.8) is 0 Å². The van der Waals surface area contributed by atoms with Crippen LogP contribution in [0.25, 0.3) is 5.73 Å². The second kappa shape index (κ2) is 7.80. The van der Waals surface area contributed by atoms with Crippen LogP contribution in [0, 0.1) is 0 Å². The number of thioether (sulfide) groups is 2. The van der Waals surface area contributed by atoms with Gasteiger partial charge in [0.1, 0.15) is 0 Å². The average Bonchev–Trinajstić information content (AvgIpc) is 1.99. The Kier molecular flexibility index (Phi) is 8.69. The zero-order chi connectivity index (χ0) is 9.73. The van der Waals surface area contributed by atoms with Gasteiger partial charge in [-0.05, 0) is 29.7 Å². The molecule has 0 aromatic rings. The largest absolute Gasteiger partial charge is 2.00 e. The SMILES string of the molecule is [NH-]CCN.[S-]C1(C2CCS2)CCS1.[Zn+2]. The van der Waals surface area contributed by atoms with E-state index in [2.05, 4.69) is 11.8 Å². The summed E-state index contributed by atoms with van der Waals surface area (Å²) in [6, 6.07) is 0. The molecular weight excluding hydrogens is 286 g/mol. The molecule has 6 heteroatoms. The summed E-state index contributed by atoms with van der Waals surface area (Å²) in [6.07, 6.45) is 2.66. The van der Waals surface area contributed by atoms with Crippen LogP contribution in [-0.2, 0) is 32.1 Å². The molecule has 0 spiro atoms. The Balaban J connectivity index is 0.000000299. The van der Waals surface area contributed by atoms with Crippen molar-refractivity contribution in [1.82, 2.24) is 0 Å². The molecule has 2 aliphatic heterocycles. The molecule has 0 aliphatic carbocycles. The zero-order valence-electron chi connectivity index (χ0n) is 8.33. The minimum atomic E-state index is 0. The number of hydrogen-bond acceptors (Lipinski definition) is 4. The Labute approximate surface area is 113 Å². The van der Waals surface area contributed by atoms with Gasteiger partial charge in [0, 0.05) is 0 Å². The maximum absolute atomic E-state index is 6.33. The van der Waals surface area contributed by atoms with E-state index in [1.807, 2.05) is 11.8 Å². The number of hydrogen-bond donors (Lipinski definition) is 1. The predicted molar refractivity (Wildman–Crippen MR) is 66.3 cm³/mol. The van der Waals surface area contributed by atoms with E-state index in [1.54, 1.807) is 0 Å². The maximum Gasteiger partial charge on any atom is 2.00 e. The molecule has 0 aromatic carbocycles. The van der Waals surface area contributed by atoms with Crippen LogP contribution in [0.2, 0.25) is 0 Å². The van der Waals surface area contributed by atoms with E-state index in [4.69, 9.17) is 24.1 Å². The summed E-state index contributed by atoms with van der Waals surface area (Å²) in [7, 11) is 0. The van der Waals surface area contributed by atoms with Crippen LogP contribution in [0.3, 0.4) is 0 Å². The van der Waals surface area contributed by atoms with Crippen molar-refractivity contribution in [3.05, 3.63) is 5.73 Å². The van der Waals surface area contributed by atoms with Gasteiger partial charge in [-0.3, -0.25) is 0 Å². The van der Waals surface area contributed by atoms with Crippen molar-refractivity contribution < 1.29 is 19.5 Å². The van der Waals surface area contributed by atoms with E-state index in [9.17, 15) is 0 Å². The first-order valence-electron chi connectivity index (χ1n) is 4.53. The molecule has 0 bridgehead atoms. The average molecular weight is 302 g/mol. The summed E-state index contributed by atoms with van der Waals surface area (Å²) < 4.78 is 0.281. The Morgan fingerprint density at radius 1 is 1.50 bits per heavy atom. The van der Waals surface area contributed by atoms with Gasteiger partial charge in [-0.2, -0.15) is 23.5 Å². The fourth-order valence-corrected chi connectivity index (χ4v) is 4.12. The van der Waals surface area contributed by atoms with Crippen molar-refractivity contribution in [2.45, 2.75) is 22.2 Å². The van der Waals surface area contributed by atoms with Crippen molar-refractivity contribution in [2.75, 3.05) is 24.6 Å². The van der Waals surface area contributed by atoms with Crippen LogP contribution in [0.1, 0.15) is 12.8 Å². The molecule has 78 valence electrons. The smallest absolute Gasteiger partial charge is 0.774 e. The van der Waals surface area contributed by atoms with E-state index in [1.165, 1.54) is 24.3 Å². The molecule has 2 nitrogen and oxygen atoms in total. The first-order valence-corrected chi connectivity index (χ1v) is 6.98. The van der Waals surface area contributed by atoms with Gasteiger partial charge < -0.3 is 24.1 Å². The number of rotatable bonds is 2. The van der Waals surface area contributed by atoms with Gasteiger partial charge >= 0.3 is 19.5 Å². The van der Waals surface area contributed by atoms with Gasteiger partial charge in [-0.25, -0.2) is 0 Å². The van der Waals surface area contributed by atoms with Gasteiger partial charge in [0.15, 0.2) is 0 Å². The molecule has 3 N–H and O–H groups in total. The number of nitrogens with two attached hydrogens (primary N) is 1. The fourth-order valence-electron chi connectivity index (χ4n) is 1.14. The Morgan fingerprint density at radius 3 is 2.07 bits per heavy atom.